The van der Waals surface area contributed by atoms with Gasteiger partial charge in [-0.2, -0.15) is 9.49 Å². The van der Waals surface area contributed by atoms with Crippen molar-refractivity contribution in [1.29, 1.82) is 0 Å². The fourth-order valence-electron chi connectivity index (χ4n) is 4.37. The lowest BCUT2D eigenvalue weighted by Crippen LogP contribution is -2.27. The zero-order valence-corrected chi connectivity index (χ0v) is 22.6. The van der Waals surface area contributed by atoms with E-state index in [-0.39, 0.29) is 27.6 Å². The molecule has 1 aliphatic carbocycles. The molecule has 12 heteroatoms. The molecule has 5 aromatic heterocycles. The van der Waals surface area contributed by atoms with Gasteiger partial charge >= 0.3 is 0 Å². The van der Waals surface area contributed by atoms with Crippen molar-refractivity contribution in [2.45, 2.75) is 27.2 Å². The van der Waals surface area contributed by atoms with Crippen LogP contribution in [0.3, 0.4) is 0 Å². The van der Waals surface area contributed by atoms with Crippen molar-refractivity contribution in [1.82, 2.24) is 30.1 Å². The first-order valence-corrected chi connectivity index (χ1v) is 13.2. The van der Waals surface area contributed by atoms with Gasteiger partial charge in [-0.05, 0) is 30.4 Å². The molecular formula is C28H24F2N8OS. The summed E-state index contributed by atoms with van der Waals surface area (Å²) in [6.07, 6.45) is 8.34. The van der Waals surface area contributed by atoms with Gasteiger partial charge < -0.3 is 16.0 Å². The van der Waals surface area contributed by atoms with E-state index in [1.54, 1.807) is 45.1 Å². The van der Waals surface area contributed by atoms with Gasteiger partial charge in [0.1, 0.15) is 11.5 Å². The number of anilines is 1. The Hall–Kier alpha value is -4.71. The van der Waals surface area contributed by atoms with Crippen LogP contribution in [0.2, 0.25) is 0 Å². The third kappa shape index (κ3) is 4.56. The molecule has 0 saturated heterocycles. The number of nitrogens with one attached hydrogen (secondary N) is 3. The van der Waals surface area contributed by atoms with E-state index in [2.05, 4.69) is 30.5 Å². The molecule has 9 nitrogen and oxygen atoms in total. The van der Waals surface area contributed by atoms with Crippen molar-refractivity contribution in [3.63, 3.8) is 0 Å². The Kier molecular flexibility index (Phi) is 6.06. The van der Waals surface area contributed by atoms with E-state index in [0.717, 1.165) is 11.3 Å². The quantitative estimate of drug-likeness (QED) is 0.228. The second-order valence-electron chi connectivity index (χ2n) is 10.5. The van der Waals surface area contributed by atoms with Crippen molar-refractivity contribution < 1.29 is 13.6 Å². The number of fused-ring (bicyclic) bond motifs is 2. The predicted octanol–water partition coefficient (Wildman–Crippen LogP) is 5.56. The maximum Gasteiger partial charge on any atom is 0.229 e. The number of nitrogens with zero attached hydrogens (tertiary/aromatic N) is 4. The van der Waals surface area contributed by atoms with E-state index in [0.29, 0.717) is 56.7 Å². The number of hydrogen-bond acceptors (Lipinski definition) is 7. The summed E-state index contributed by atoms with van der Waals surface area (Å²) < 4.78 is 30.0. The van der Waals surface area contributed by atoms with Gasteiger partial charge in [0.2, 0.25) is 5.91 Å². The first kappa shape index (κ1) is 25.6. The molecule has 1 aliphatic rings. The van der Waals surface area contributed by atoms with Gasteiger partial charge in [-0.15, -0.1) is 11.3 Å². The topological polar surface area (TPSA) is 138 Å². The molecule has 0 unspecified atom stereocenters. The van der Waals surface area contributed by atoms with Gasteiger partial charge in [-0.25, -0.2) is 14.4 Å². The Balaban J connectivity index is 1.43. The van der Waals surface area contributed by atoms with E-state index in [1.165, 1.54) is 24.7 Å². The van der Waals surface area contributed by atoms with Crippen LogP contribution in [-0.4, -0.2) is 36.0 Å². The largest absolute Gasteiger partial charge is 0.402 e. The molecule has 6 rings (SSSR count). The SMILES string of the molecule is CC(C)(C)C(=O)Nc1cncc(-c2cnc3n[nH]c(-c4nc5c([nH]4)CC(N)=CC=C5c4ccc(F)s4)c3c2F)c1. The number of nitrogens with two attached hydrogens (primary N) is 1. The Bertz CT molecular complexity index is 1860. The van der Waals surface area contributed by atoms with Crippen LogP contribution in [-0.2, 0) is 11.2 Å². The number of carbonyl (C=O) groups is 1. The maximum absolute atomic E-state index is 16.1. The van der Waals surface area contributed by atoms with Gasteiger partial charge in [-0.1, -0.05) is 20.8 Å². The number of H-pyrrole nitrogens is 2. The third-order valence-corrected chi connectivity index (χ3v) is 7.37. The molecule has 0 aromatic carbocycles. The third-order valence-electron chi connectivity index (χ3n) is 6.46. The van der Waals surface area contributed by atoms with E-state index >= 15 is 4.39 Å². The maximum atomic E-state index is 16.1. The number of halogens is 2. The summed E-state index contributed by atoms with van der Waals surface area (Å²) in [5.41, 5.74) is 9.69. The van der Waals surface area contributed by atoms with Crippen molar-refractivity contribution in [2.24, 2.45) is 11.1 Å². The smallest absolute Gasteiger partial charge is 0.229 e. The lowest BCUT2D eigenvalue weighted by Gasteiger charge is -2.17. The summed E-state index contributed by atoms with van der Waals surface area (Å²) in [4.78, 5) is 29.7. The molecule has 0 bridgehead atoms. The Morgan fingerprint density at radius 3 is 2.73 bits per heavy atom. The first-order chi connectivity index (χ1) is 19.1. The highest BCUT2D eigenvalue weighted by Crippen LogP contribution is 2.36. The van der Waals surface area contributed by atoms with Gasteiger partial charge in [-0.3, -0.25) is 14.9 Å². The van der Waals surface area contributed by atoms with E-state index in [1.807, 2.05) is 0 Å². The highest BCUT2D eigenvalue weighted by atomic mass is 32.1. The van der Waals surface area contributed by atoms with Crippen LogP contribution in [0, 0.1) is 16.4 Å². The second kappa shape index (κ2) is 9.49. The van der Waals surface area contributed by atoms with Gasteiger partial charge in [0.05, 0.1) is 23.0 Å². The summed E-state index contributed by atoms with van der Waals surface area (Å²) in [5.74, 6) is -0.423. The van der Waals surface area contributed by atoms with Crippen molar-refractivity contribution in [3.05, 3.63) is 81.9 Å². The Labute approximate surface area is 231 Å². The molecule has 40 heavy (non-hydrogen) atoms. The van der Waals surface area contributed by atoms with Crippen LogP contribution < -0.4 is 11.1 Å². The van der Waals surface area contributed by atoms with E-state index < -0.39 is 11.2 Å². The molecule has 0 saturated carbocycles. The molecule has 0 atom stereocenters. The minimum Gasteiger partial charge on any atom is -0.402 e. The fraction of sp³-hybridized carbons (Fsp3) is 0.179. The summed E-state index contributed by atoms with van der Waals surface area (Å²) in [6, 6.07) is 4.73. The molecule has 5 N–H and O–H groups in total. The van der Waals surface area contributed by atoms with Crippen LogP contribution >= 0.6 is 11.3 Å². The molecule has 0 fully saturated rings. The molecular weight excluding hydrogens is 534 g/mol. The number of hydrogen-bond donors (Lipinski definition) is 4. The zero-order valence-electron chi connectivity index (χ0n) is 21.8. The number of allylic oxidation sites excluding steroid dienone is 3. The predicted molar refractivity (Wildman–Crippen MR) is 150 cm³/mol. The fourth-order valence-corrected chi connectivity index (χ4v) is 5.12. The highest BCUT2D eigenvalue weighted by Gasteiger charge is 2.25. The number of aromatic amines is 2. The number of thiophene rings is 1. The molecule has 0 radical (unpaired) electrons. The normalized spacial score (nSPS) is 13.5. The Morgan fingerprint density at radius 1 is 1.15 bits per heavy atom. The highest BCUT2D eigenvalue weighted by molar-refractivity contribution is 7.11. The van der Waals surface area contributed by atoms with E-state index in [9.17, 15) is 9.18 Å². The van der Waals surface area contributed by atoms with Gasteiger partial charge in [0.15, 0.2) is 16.6 Å². The standard InChI is InChI=1S/C28H24F2N8OS/c1-28(2,3)27(39)34-15-8-13(10-32-11-15)17-12-33-25-21(22(17)30)24(37-38-25)26-35-18-9-14(31)4-5-16(23(18)36-26)19-6-7-20(29)40-19/h4-8,10-12H,9,31H2,1-3H3,(H,34,39)(H,35,36)(H,33,37,38). The number of rotatable bonds is 4. The summed E-state index contributed by atoms with van der Waals surface area (Å²) in [6.45, 7) is 5.40. The van der Waals surface area contributed by atoms with Crippen molar-refractivity contribution in [2.75, 3.05) is 5.32 Å². The minimum atomic E-state index is -0.609. The van der Waals surface area contributed by atoms with Crippen molar-refractivity contribution >= 4 is 39.5 Å². The monoisotopic (exact) mass is 558 g/mol. The number of imidazole rings is 1. The molecule has 1 amide bonds. The number of carbonyl (C=O) groups excluding carboxylic acids is 1. The number of pyridine rings is 2. The van der Waals surface area contributed by atoms with Gasteiger partial charge in [0, 0.05) is 57.2 Å². The molecule has 202 valence electrons. The van der Waals surface area contributed by atoms with Gasteiger partial charge in [0.25, 0.3) is 0 Å². The number of amides is 1. The van der Waals surface area contributed by atoms with Crippen LogP contribution in [0.4, 0.5) is 14.5 Å². The van der Waals surface area contributed by atoms with Crippen LogP contribution in [0.5, 0.6) is 0 Å². The zero-order chi connectivity index (χ0) is 28.2. The average Bonchev–Trinajstić information content (AvgIpc) is 3.61. The molecule has 5 heterocycles. The van der Waals surface area contributed by atoms with Crippen LogP contribution in [0.15, 0.2) is 54.6 Å². The molecule has 0 spiro atoms. The Morgan fingerprint density at radius 2 is 1.98 bits per heavy atom. The average molecular weight is 559 g/mol. The van der Waals surface area contributed by atoms with E-state index in [4.69, 9.17) is 10.7 Å². The number of aromatic nitrogens is 6. The van der Waals surface area contributed by atoms with Crippen LogP contribution in [0.25, 0.3) is 39.3 Å². The minimum absolute atomic E-state index is 0.141. The summed E-state index contributed by atoms with van der Waals surface area (Å²) in [7, 11) is 0. The van der Waals surface area contributed by atoms with Crippen molar-refractivity contribution in [3.8, 4) is 22.6 Å². The van der Waals surface area contributed by atoms with Crippen LogP contribution in [0.1, 0.15) is 37.0 Å². The lowest BCUT2D eigenvalue weighted by molar-refractivity contribution is -0.123. The summed E-state index contributed by atoms with van der Waals surface area (Å²) in [5, 5.41) is 9.69. The molecule has 5 aromatic rings. The lowest BCUT2D eigenvalue weighted by atomic mass is 9.95. The molecule has 0 aliphatic heterocycles. The summed E-state index contributed by atoms with van der Waals surface area (Å²) >= 11 is 1.00. The second-order valence-corrected chi connectivity index (χ2v) is 11.5. The first-order valence-electron chi connectivity index (χ1n) is 12.4.